The maximum atomic E-state index is 11.8. The molecule has 0 saturated carbocycles. The molecular formula is C11H19N5OS. The molecule has 2 rings (SSSR count). The minimum atomic E-state index is -0.146. The monoisotopic (exact) mass is 269 g/mol. The van der Waals surface area contributed by atoms with Crippen LogP contribution >= 0.6 is 11.3 Å². The fourth-order valence-electron chi connectivity index (χ4n) is 1.95. The van der Waals surface area contributed by atoms with Crippen LogP contribution < -0.4 is 21.7 Å². The molecule has 0 atom stereocenters. The Labute approximate surface area is 110 Å². The molecule has 18 heavy (non-hydrogen) atoms. The van der Waals surface area contributed by atoms with Crippen LogP contribution in [0, 0.1) is 0 Å². The smallest absolute Gasteiger partial charge is 0.265 e. The van der Waals surface area contributed by atoms with Crippen LogP contribution in [-0.4, -0.2) is 36.6 Å². The van der Waals surface area contributed by atoms with Gasteiger partial charge in [-0.25, -0.2) is 4.98 Å². The number of nitrogens with one attached hydrogen (secondary N) is 1. The molecule has 5 N–H and O–H groups in total. The molecule has 0 aliphatic carbocycles. The summed E-state index contributed by atoms with van der Waals surface area (Å²) in [6.07, 6.45) is 1.91. The van der Waals surface area contributed by atoms with Gasteiger partial charge >= 0.3 is 0 Å². The predicted octanol–water partition coefficient (Wildman–Crippen LogP) is 0.403. The summed E-state index contributed by atoms with van der Waals surface area (Å²) < 4.78 is 0. The lowest BCUT2D eigenvalue weighted by Crippen LogP contribution is -2.39. The van der Waals surface area contributed by atoms with E-state index >= 15 is 0 Å². The zero-order valence-electron chi connectivity index (χ0n) is 10.5. The second-order valence-corrected chi connectivity index (χ2v) is 5.37. The van der Waals surface area contributed by atoms with Crippen LogP contribution in [0.4, 0.5) is 10.9 Å². The number of rotatable bonds is 3. The van der Waals surface area contributed by atoms with Gasteiger partial charge in [0.15, 0.2) is 5.13 Å². The minimum absolute atomic E-state index is 0.146. The molecule has 1 saturated heterocycles. The average molecular weight is 269 g/mol. The van der Waals surface area contributed by atoms with Crippen molar-refractivity contribution in [1.82, 2.24) is 10.3 Å². The van der Waals surface area contributed by atoms with Gasteiger partial charge in [-0.1, -0.05) is 11.3 Å². The van der Waals surface area contributed by atoms with Gasteiger partial charge in [0.25, 0.3) is 5.91 Å². The van der Waals surface area contributed by atoms with Gasteiger partial charge in [0.2, 0.25) is 0 Å². The van der Waals surface area contributed by atoms with Crippen molar-refractivity contribution in [3.8, 4) is 0 Å². The zero-order chi connectivity index (χ0) is 13.1. The third-order valence-electron chi connectivity index (χ3n) is 3.00. The lowest BCUT2D eigenvalue weighted by molar-refractivity contribution is 0.0960. The molecule has 1 fully saturated rings. The lowest BCUT2D eigenvalue weighted by atomic mass is 10.1. The Morgan fingerprint density at radius 2 is 2.22 bits per heavy atom. The molecule has 2 heterocycles. The summed E-state index contributed by atoms with van der Waals surface area (Å²) >= 11 is 1.35. The summed E-state index contributed by atoms with van der Waals surface area (Å²) in [5.41, 5.74) is 11.7. The van der Waals surface area contributed by atoms with Crippen molar-refractivity contribution in [2.75, 3.05) is 30.3 Å². The number of nitrogen functional groups attached to an aromatic ring is 1. The van der Waals surface area contributed by atoms with Gasteiger partial charge in [-0.15, -0.1) is 0 Å². The normalized spacial score (nSPS) is 16.9. The van der Waals surface area contributed by atoms with Crippen LogP contribution in [0.2, 0.25) is 0 Å². The molecular weight excluding hydrogens is 250 g/mol. The molecule has 1 aromatic rings. The van der Waals surface area contributed by atoms with Gasteiger partial charge in [-0.3, -0.25) is 4.79 Å². The topological polar surface area (TPSA) is 97.3 Å². The van der Waals surface area contributed by atoms with Crippen molar-refractivity contribution >= 4 is 28.2 Å². The van der Waals surface area contributed by atoms with Crippen molar-refractivity contribution in [2.45, 2.75) is 25.8 Å². The molecule has 1 aliphatic heterocycles. The number of nitrogens with two attached hydrogens (primary N) is 2. The van der Waals surface area contributed by atoms with Crippen molar-refractivity contribution in [2.24, 2.45) is 5.73 Å². The van der Waals surface area contributed by atoms with Gasteiger partial charge in [-0.05, 0) is 19.8 Å². The van der Waals surface area contributed by atoms with Gasteiger partial charge in [0.05, 0.1) is 0 Å². The molecule has 100 valence electrons. The summed E-state index contributed by atoms with van der Waals surface area (Å²) in [6.45, 7) is 4.22. The highest BCUT2D eigenvalue weighted by Crippen LogP contribution is 2.29. The number of hydrogen-bond donors (Lipinski definition) is 3. The van der Waals surface area contributed by atoms with Crippen molar-refractivity contribution < 1.29 is 4.79 Å². The maximum absolute atomic E-state index is 11.8. The largest absolute Gasteiger partial charge is 0.382 e. The highest BCUT2D eigenvalue weighted by Gasteiger charge is 2.22. The number of aromatic nitrogens is 1. The Morgan fingerprint density at radius 1 is 1.56 bits per heavy atom. The Kier molecular flexibility index (Phi) is 4.03. The number of amides is 1. The first-order chi connectivity index (χ1) is 8.61. The highest BCUT2D eigenvalue weighted by atomic mass is 32.1. The van der Waals surface area contributed by atoms with E-state index in [4.69, 9.17) is 11.5 Å². The zero-order valence-corrected chi connectivity index (χ0v) is 11.3. The average Bonchev–Trinajstić information content (AvgIpc) is 2.72. The summed E-state index contributed by atoms with van der Waals surface area (Å²) in [5, 5.41) is 3.56. The van der Waals surface area contributed by atoms with E-state index in [2.05, 4.69) is 15.2 Å². The third-order valence-corrected chi connectivity index (χ3v) is 4.13. The quantitative estimate of drug-likeness (QED) is 0.738. The van der Waals surface area contributed by atoms with Crippen LogP contribution in [0.1, 0.15) is 29.4 Å². The van der Waals surface area contributed by atoms with E-state index in [1.165, 1.54) is 11.3 Å². The minimum Gasteiger partial charge on any atom is -0.382 e. The summed E-state index contributed by atoms with van der Waals surface area (Å²) in [5.74, 6) is 0.170. The van der Waals surface area contributed by atoms with Gasteiger partial charge in [-0.2, -0.15) is 0 Å². The number of carbonyl (C=O) groups excluding carboxylic acids is 1. The van der Waals surface area contributed by atoms with Gasteiger partial charge in [0.1, 0.15) is 10.7 Å². The SMILES string of the molecule is CCNC(=O)c1sc(N2CCC(N)CC2)nc1N. The first-order valence-corrected chi connectivity index (χ1v) is 6.98. The standard InChI is InChI=1S/C11H19N5OS/c1-2-14-10(17)8-9(13)15-11(18-8)16-5-3-7(12)4-6-16/h7H,2-6,12-13H2,1H3,(H,14,17). The number of piperidine rings is 1. The molecule has 0 aromatic carbocycles. The number of carbonyl (C=O) groups is 1. The number of nitrogens with zero attached hydrogens (tertiary/aromatic N) is 2. The summed E-state index contributed by atoms with van der Waals surface area (Å²) in [7, 11) is 0. The molecule has 7 heteroatoms. The van der Waals surface area contributed by atoms with E-state index in [1.54, 1.807) is 0 Å². The summed E-state index contributed by atoms with van der Waals surface area (Å²) in [6, 6.07) is 0.279. The first kappa shape index (κ1) is 13.1. The van der Waals surface area contributed by atoms with Crippen LogP contribution in [0.5, 0.6) is 0 Å². The lowest BCUT2D eigenvalue weighted by Gasteiger charge is -2.29. The fourth-order valence-corrected chi connectivity index (χ4v) is 2.90. The summed E-state index contributed by atoms with van der Waals surface area (Å²) in [4.78, 5) is 18.7. The van der Waals surface area contributed by atoms with E-state index < -0.39 is 0 Å². The number of hydrogen-bond acceptors (Lipinski definition) is 6. The van der Waals surface area contributed by atoms with E-state index in [9.17, 15) is 4.79 Å². The van der Waals surface area contributed by atoms with Crippen molar-refractivity contribution in [3.05, 3.63) is 4.88 Å². The third kappa shape index (κ3) is 2.73. The van der Waals surface area contributed by atoms with Crippen LogP contribution in [0.3, 0.4) is 0 Å². The molecule has 0 unspecified atom stereocenters. The highest BCUT2D eigenvalue weighted by molar-refractivity contribution is 7.18. The Bertz CT molecular complexity index is 425. The van der Waals surface area contributed by atoms with E-state index in [1.807, 2.05) is 6.92 Å². The van der Waals surface area contributed by atoms with Crippen molar-refractivity contribution in [1.29, 1.82) is 0 Å². The van der Waals surface area contributed by atoms with Crippen LogP contribution in [-0.2, 0) is 0 Å². The van der Waals surface area contributed by atoms with Crippen molar-refractivity contribution in [3.63, 3.8) is 0 Å². The Hall–Kier alpha value is -1.34. The molecule has 1 amide bonds. The fraction of sp³-hybridized carbons (Fsp3) is 0.636. The molecule has 0 radical (unpaired) electrons. The number of thiazole rings is 1. The van der Waals surface area contributed by atoms with E-state index in [-0.39, 0.29) is 11.9 Å². The molecule has 1 aromatic heterocycles. The molecule has 0 spiro atoms. The maximum Gasteiger partial charge on any atom is 0.265 e. The first-order valence-electron chi connectivity index (χ1n) is 6.16. The van der Waals surface area contributed by atoms with Crippen LogP contribution in [0.25, 0.3) is 0 Å². The van der Waals surface area contributed by atoms with E-state index in [0.29, 0.717) is 17.2 Å². The van der Waals surface area contributed by atoms with Crippen LogP contribution in [0.15, 0.2) is 0 Å². The van der Waals surface area contributed by atoms with E-state index in [0.717, 1.165) is 31.1 Å². The predicted molar refractivity (Wildman–Crippen MR) is 74.0 cm³/mol. The second-order valence-electron chi connectivity index (χ2n) is 4.39. The van der Waals surface area contributed by atoms with Gasteiger partial charge < -0.3 is 21.7 Å². The van der Waals surface area contributed by atoms with Gasteiger partial charge in [0, 0.05) is 25.7 Å². The molecule has 1 aliphatic rings. The second kappa shape index (κ2) is 5.53. The number of anilines is 2. The molecule has 0 bridgehead atoms. The molecule has 6 nitrogen and oxygen atoms in total. The Balaban J connectivity index is 2.11. The Morgan fingerprint density at radius 3 is 2.83 bits per heavy atom.